The van der Waals surface area contributed by atoms with Gasteiger partial charge in [-0.1, -0.05) is 66.7 Å². The van der Waals surface area contributed by atoms with Crippen molar-refractivity contribution in [2.24, 2.45) is 0 Å². The molecule has 0 aromatic heterocycles. The van der Waals surface area contributed by atoms with E-state index in [-0.39, 0.29) is 5.91 Å². The van der Waals surface area contributed by atoms with Gasteiger partial charge in [-0.05, 0) is 28.5 Å². The van der Waals surface area contributed by atoms with Crippen LogP contribution in [0.1, 0.15) is 5.56 Å². The molecule has 1 amide bonds. The van der Waals surface area contributed by atoms with E-state index in [1.807, 2.05) is 54.6 Å². The van der Waals surface area contributed by atoms with Crippen LogP contribution in [0, 0.1) is 0 Å². The van der Waals surface area contributed by atoms with Crippen molar-refractivity contribution in [3.05, 3.63) is 84.4 Å². The van der Waals surface area contributed by atoms with Crippen molar-refractivity contribution in [3.8, 4) is 5.75 Å². The molecule has 0 unspecified atom stereocenters. The Morgan fingerprint density at radius 2 is 1.58 bits per heavy atom. The second-order valence-corrected chi connectivity index (χ2v) is 6.27. The molecule has 0 saturated heterocycles. The number of carbonyl (C=O) groups excluding carboxylic acids is 1. The molecule has 0 atom stereocenters. The van der Waals surface area contributed by atoms with Crippen LogP contribution in [0.3, 0.4) is 0 Å². The molecule has 26 heavy (non-hydrogen) atoms. The average Bonchev–Trinajstić information content (AvgIpc) is 2.68. The number of methoxy groups -OCH3 is 1. The highest BCUT2D eigenvalue weighted by molar-refractivity contribution is 6.04. The lowest BCUT2D eigenvalue weighted by Crippen LogP contribution is -2.14. The maximum atomic E-state index is 12.6. The van der Waals surface area contributed by atoms with Crippen LogP contribution in [-0.4, -0.2) is 13.0 Å². The Balaban J connectivity index is 1.59. The van der Waals surface area contributed by atoms with E-state index < -0.39 is 0 Å². The Morgan fingerprint density at radius 1 is 0.846 bits per heavy atom. The fraction of sp³-hybridized carbons (Fsp3) is 0.0870. The normalized spacial score (nSPS) is 10.8. The zero-order valence-electron chi connectivity index (χ0n) is 14.5. The Bertz CT molecular complexity index is 1100. The molecule has 0 fully saturated rings. The lowest BCUT2D eigenvalue weighted by molar-refractivity contribution is -0.115. The van der Waals surface area contributed by atoms with E-state index in [1.165, 1.54) is 5.39 Å². The quantitative estimate of drug-likeness (QED) is 0.555. The first-order valence-electron chi connectivity index (χ1n) is 8.58. The van der Waals surface area contributed by atoms with Crippen LogP contribution in [0.2, 0.25) is 0 Å². The van der Waals surface area contributed by atoms with Gasteiger partial charge in [-0.15, -0.1) is 0 Å². The molecule has 4 aromatic rings. The predicted molar refractivity (Wildman–Crippen MR) is 107 cm³/mol. The monoisotopic (exact) mass is 341 g/mol. The lowest BCUT2D eigenvalue weighted by atomic mass is 10.0. The number of hydrogen-bond acceptors (Lipinski definition) is 2. The molecule has 0 radical (unpaired) electrons. The summed E-state index contributed by atoms with van der Waals surface area (Å²) in [7, 11) is 1.65. The van der Waals surface area contributed by atoms with E-state index in [0.717, 1.165) is 33.2 Å². The summed E-state index contributed by atoms with van der Waals surface area (Å²) >= 11 is 0. The molecule has 4 rings (SSSR count). The van der Waals surface area contributed by atoms with Gasteiger partial charge in [-0.25, -0.2) is 0 Å². The summed E-state index contributed by atoms with van der Waals surface area (Å²) < 4.78 is 5.41. The fourth-order valence-electron chi connectivity index (χ4n) is 3.29. The van der Waals surface area contributed by atoms with E-state index in [2.05, 4.69) is 29.6 Å². The van der Waals surface area contributed by atoms with Gasteiger partial charge in [0.2, 0.25) is 5.91 Å². The molecule has 0 heterocycles. The van der Waals surface area contributed by atoms with Crippen molar-refractivity contribution in [2.45, 2.75) is 6.42 Å². The van der Waals surface area contributed by atoms with Gasteiger partial charge >= 0.3 is 0 Å². The molecule has 3 heteroatoms. The summed E-state index contributed by atoms with van der Waals surface area (Å²) in [5.41, 5.74) is 1.80. The standard InChI is InChI=1S/C23H19NO2/c1-26-22-13-12-21(19-8-4-5-9-20(19)22)24-23(25)15-16-10-11-17-6-2-3-7-18(17)14-16/h2-14H,15H2,1H3,(H,24,25). The predicted octanol–water partition coefficient (Wildman–Crippen LogP) is 5.18. The summed E-state index contributed by atoms with van der Waals surface area (Å²) in [4.78, 5) is 12.6. The Morgan fingerprint density at radius 3 is 2.38 bits per heavy atom. The van der Waals surface area contributed by atoms with Crippen LogP contribution >= 0.6 is 0 Å². The second kappa shape index (κ2) is 6.89. The van der Waals surface area contributed by atoms with Gasteiger partial charge in [-0.2, -0.15) is 0 Å². The van der Waals surface area contributed by atoms with Crippen molar-refractivity contribution in [1.82, 2.24) is 0 Å². The largest absolute Gasteiger partial charge is 0.496 e. The van der Waals surface area contributed by atoms with Gasteiger partial charge in [0.15, 0.2) is 0 Å². The SMILES string of the molecule is COc1ccc(NC(=O)Cc2ccc3ccccc3c2)c2ccccc12. The van der Waals surface area contributed by atoms with Gasteiger partial charge < -0.3 is 10.1 Å². The molecular weight excluding hydrogens is 322 g/mol. The Hall–Kier alpha value is -3.33. The van der Waals surface area contributed by atoms with Gasteiger partial charge in [-0.3, -0.25) is 4.79 Å². The van der Waals surface area contributed by atoms with Crippen molar-refractivity contribution >= 4 is 33.1 Å². The zero-order valence-corrected chi connectivity index (χ0v) is 14.5. The van der Waals surface area contributed by atoms with E-state index in [4.69, 9.17) is 4.74 Å². The van der Waals surface area contributed by atoms with Crippen molar-refractivity contribution in [2.75, 3.05) is 12.4 Å². The number of ether oxygens (including phenoxy) is 1. The van der Waals surface area contributed by atoms with Crippen LogP contribution in [-0.2, 0) is 11.2 Å². The van der Waals surface area contributed by atoms with E-state index in [1.54, 1.807) is 7.11 Å². The van der Waals surface area contributed by atoms with E-state index in [0.29, 0.717) is 6.42 Å². The van der Waals surface area contributed by atoms with Gasteiger partial charge in [0.1, 0.15) is 5.75 Å². The highest BCUT2D eigenvalue weighted by Crippen LogP contribution is 2.31. The summed E-state index contributed by atoms with van der Waals surface area (Å²) in [5.74, 6) is 0.767. The minimum absolute atomic E-state index is 0.0319. The summed E-state index contributed by atoms with van der Waals surface area (Å²) in [6.07, 6.45) is 0.338. The van der Waals surface area contributed by atoms with Gasteiger partial charge in [0.25, 0.3) is 0 Å². The lowest BCUT2D eigenvalue weighted by Gasteiger charge is -2.12. The number of amides is 1. The Labute approximate surface area is 152 Å². The van der Waals surface area contributed by atoms with Crippen molar-refractivity contribution in [1.29, 1.82) is 0 Å². The third-order valence-electron chi connectivity index (χ3n) is 4.56. The van der Waals surface area contributed by atoms with Crippen LogP contribution in [0.4, 0.5) is 5.69 Å². The summed E-state index contributed by atoms with van der Waals surface area (Å²) in [5, 5.41) is 7.32. The molecular formula is C23H19NO2. The second-order valence-electron chi connectivity index (χ2n) is 6.27. The first-order valence-corrected chi connectivity index (χ1v) is 8.58. The van der Waals surface area contributed by atoms with Gasteiger partial charge in [0.05, 0.1) is 13.5 Å². The summed E-state index contributed by atoms with van der Waals surface area (Å²) in [6.45, 7) is 0. The smallest absolute Gasteiger partial charge is 0.228 e. The molecule has 0 bridgehead atoms. The number of benzene rings is 4. The van der Waals surface area contributed by atoms with Crippen molar-refractivity contribution in [3.63, 3.8) is 0 Å². The number of rotatable bonds is 4. The van der Waals surface area contributed by atoms with Crippen LogP contribution in [0.5, 0.6) is 5.75 Å². The number of nitrogens with one attached hydrogen (secondary N) is 1. The first-order chi connectivity index (χ1) is 12.7. The van der Waals surface area contributed by atoms with Crippen molar-refractivity contribution < 1.29 is 9.53 Å². The molecule has 0 aliphatic rings. The average molecular weight is 341 g/mol. The molecule has 1 N–H and O–H groups in total. The van der Waals surface area contributed by atoms with Crippen LogP contribution in [0.25, 0.3) is 21.5 Å². The number of anilines is 1. The highest BCUT2D eigenvalue weighted by atomic mass is 16.5. The molecule has 0 spiro atoms. The molecule has 0 aliphatic heterocycles. The molecule has 4 aromatic carbocycles. The minimum Gasteiger partial charge on any atom is -0.496 e. The minimum atomic E-state index is -0.0319. The van der Waals surface area contributed by atoms with E-state index >= 15 is 0 Å². The van der Waals surface area contributed by atoms with E-state index in [9.17, 15) is 4.79 Å². The topological polar surface area (TPSA) is 38.3 Å². The maximum Gasteiger partial charge on any atom is 0.228 e. The maximum absolute atomic E-state index is 12.6. The van der Waals surface area contributed by atoms with Crippen LogP contribution < -0.4 is 10.1 Å². The highest BCUT2D eigenvalue weighted by Gasteiger charge is 2.10. The number of fused-ring (bicyclic) bond motifs is 2. The fourth-order valence-corrected chi connectivity index (χ4v) is 3.29. The third-order valence-corrected chi connectivity index (χ3v) is 4.56. The molecule has 0 saturated carbocycles. The van der Waals surface area contributed by atoms with Gasteiger partial charge in [0, 0.05) is 16.5 Å². The zero-order chi connectivity index (χ0) is 17.9. The molecule has 128 valence electrons. The number of carbonyl (C=O) groups is 1. The van der Waals surface area contributed by atoms with Crippen LogP contribution in [0.15, 0.2) is 78.9 Å². The summed E-state index contributed by atoms with van der Waals surface area (Å²) in [6, 6.07) is 26.0. The number of hydrogen-bond donors (Lipinski definition) is 1. The Kier molecular flexibility index (Phi) is 4.28. The molecule has 3 nitrogen and oxygen atoms in total. The first kappa shape index (κ1) is 16.2. The third kappa shape index (κ3) is 3.11. The molecule has 0 aliphatic carbocycles.